The lowest BCUT2D eigenvalue weighted by Crippen LogP contribution is -2.14. The van der Waals surface area contributed by atoms with E-state index in [1.54, 1.807) is 0 Å². The Balaban J connectivity index is 2.09. The molecule has 0 unspecified atom stereocenters. The highest BCUT2D eigenvalue weighted by Gasteiger charge is 2.34. The standard InChI is InChI=1S/C10H9ClFN5O3/c11-7(12)6-3(18)1-4(20-6)17-2-14-5-8(17)15-10(13)16-9(5)19/h2-4,18H,1H2,(H3,13,15,16,19)/b7-6-/t3-,4+/m0/s1. The van der Waals surface area contributed by atoms with Crippen LogP contribution in [0.15, 0.2) is 22.2 Å². The van der Waals surface area contributed by atoms with Gasteiger partial charge in [-0.2, -0.15) is 9.37 Å². The summed E-state index contributed by atoms with van der Waals surface area (Å²) >= 11 is 5.19. The summed E-state index contributed by atoms with van der Waals surface area (Å²) in [4.78, 5) is 21.8. The fourth-order valence-electron chi connectivity index (χ4n) is 2.07. The Morgan fingerprint density at radius 1 is 1.70 bits per heavy atom. The summed E-state index contributed by atoms with van der Waals surface area (Å²) in [6, 6.07) is 0. The summed E-state index contributed by atoms with van der Waals surface area (Å²) in [5, 5.41) is 8.54. The Morgan fingerprint density at radius 3 is 3.10 bits per heavy atom. The number of halogens is 2. The molecule has 4 N–H and O–H groups in total. The summed E-state index contributed by atoms with van der Waals surface area (Å²) in [6.07, 6.45) is -0.591. The van der Waals surface area contributed by atoms with Gasteiger partial charge in [0.1, 0.15) is 12.4 Å². The van der Waals surface area contributed by atoms with Crippen LogP contribution < -0.4 is 11.3 Å². The maximum atomic E-state index is 13.0. The Hall–Kier alpha value is -2.13. The SMILES string of the molecule is Nc1nc2c(ncn2[C@H]2C[C@H](O)/C(=C(/F)Cl)O2)c(=O)[nH]1. The number of aromatic amines is 1. The highest BCUT2D eigenvalue weighted by molar-refractivity contribution is 6.28. The topological polar surface area (TPSA) is 119 Å². The summed E-state index contributed by atoms with van der Waals surface area (Å²) in [7, 11) is 0. The number of aliphatic hydroxyl groups is 1. The van der Waals surface area contributed by atoms with E-state index in [0.29, 0.717) is 0 Å². The highest BCUT2D eigenvalue weighted by atomic mass is 35.5. The van der Waals surface area contributed by atoms with E-state index in [9.17, 15) is 14.3 Å². The van der Waals surface area contributed by atoms with Crippen LogP contribution in [0.1, 0.15) is 12.6 Å². The van der Waals surface area contributed by atoms with Crippen LogP contribution in [-0.4, -0.2) is 30.7 Å². The number of H-pyrrole nitrogens is 1. The van der Waals surface area contributed by atoms with Gasteiger partial charge in [-0.05, 0) is 11.6 Å². The quantitative estimate of drug-likeness (QED) is 0.699. The fourth-order valence-corrected chi connectivity index (χ4v) is 2.24. The molecule has 0 spiro atoms. The van der Waals surface area contributed by atoms with Crippen molar-refractivity contribution in [2.45, 2.75) is 18.8 Å². The molecular formula is C10H9ClFN5O3. The van der Waals surface area contributed by atoms with Gasteiger partial charge in [0.2, 0.25) is 11.2 Å². The lowest BCUT2D eigenvalue weighted by Gasteiger charge is -2.11. The van der Waals surface area contributed by atoms with Crippen LogP contribution in [0.2, 0.25) is 0 Å². The molecule has 3 rings (SSSR count). The second-order valence-corrected chi connectivity index (χ2v) is 4.56. The third kappa shape index (κ3) is 1.91. The number of nitrogens with one attached hydrogen (secondary N) is 1. The van der Waals surface area contributed by atoms with Gasteiger partial charge >= 0.3 is 0 Å². The number of nitrogens with zero attached hydrogens (tertiary/aromatic N) is 3. The molecular weight excluding hydrogens is 293 g/mol. The molecule has 3 heterocycles. The largest absolute Gasteiger partial charge is 0.467 e. The maximum absolute atomic E-state index is 13.0. The Kier molecular flexibility index (Phi) is 2.87. The molecule has 2 atom stereocenters. The summed E-state index contributed by atoms with van der Waals surface area (Å²) in [5.74, 6) is -0.432. The molecule has 0 radical (unpaired) electrons. The Morgan fingerprint density at radius 2 is 2.45 bits per heavy atom. The minimum absolute atomic E-state index is 0.0509. The fraction of sp³-hybridized carbons (Fsp3) is 0.300. The number of hydrogen-bond acceptors (Lipinski definition) is 6. The molecule has 2 aromatic heterocycles. The molecule has 0 aliphatic carbocycles. The molecule has 0 saturated carbocycles. The van der Waals surface area contributed by atoms with Crippen molar-refractivity contribution < 1.29 is 14.2 Å². The molecule has 0 bridgehead atoms. The first-order chi connectivity index (χ1) is 9.47. The first-order valence-electron chi connectivity index (χ1n) is 5.59. The van der Waals surface area contributed by atoms with E-state index in [1.165, 1.54) is 10.9 Å². The number of rotatable bonds is 1. The van der Waals surface area contributed by atoms with E-state index in [1.807, 2.05) is 0 Å². The molecule has 0 amide bonds. The monoisotopic (exact) mass is 301 g/mol. The van der Waals surface area contributed by atoms with Crippen molar-refractivity contribution in [3.63, 3.8) is 0 Å². The van der Waals surface area contributed by atoms with Crippen LogP contribution in [0.3, 0.4) is 0 Å². The normalized spacial score (nSPS) is 24.9. The van der Waals surface area contributed by atoms with Gasteiger partial charge in [0, 0.05) is 6.42 Å². The number of aromatic nitrogens is 4. The Bertz CT molecular complexity index is 766. The van der Waals surface area contributed by atoms with Crippen LogP contribution in [0.25, 0.3) is 11.2 Å². The summed E-state index contributed by atoms with van der Waals surface area (Å²) in [5.41, 5.74) is 5.22. The average Bonchev–Trinajstić information content (AvgIpc) is 2.92. The zero-order valence-electron chi connectivity index (χ0n) is 9.88. The second-order valence-electron chi connectivity index (χ2n) is 4.22. The zero-order chi connectivity index (χ0) is 14.4. The van der Waals surface area contributed by atoms with Crippen LogP contribution in [0.4, 0.5) is 10.3 Å². The molecule has 0 aromatic carbocycles. The molecule has 8 nitrogen and oxygen atoms in total. The lowest BCUT2D eigenvalue weighted by atomic mass is 10.2. The van der Waals surface area contributed by atoms with Crippen molar-refractivity contribution >= 4 is 28.7 Å². The van der Waals surface area contributed by atoms with Gasteiger partial charge in [0.25, 0.3) is 5.56 Å². The van der Waals surface area contributed by atoms with E-state index in [4.69, 9.17) is 22.1 Å². The van der Waals surface area contributed by atoms with Crippen molar-refractivity contribution in [2.75, 3.05) is 5.73 Å². The molecule has 106 valence electrons. The minimum atomic E-state index is -1.17. The van der Waals surface area contributed by atoms with Gasteiger partial charge in [-0.1, -0.05) is 0 Å². The Labute approximate surface area is 115 Å². The van der Waals surface area contributed by atoms with E-state index in [-0.39, 0.29) is 29.3 Å². The number of hydrogen-bond donors (Lipinski definition) is 3. The first kappa shape index (κ1) is 12.9. The predicted octanol–water partition coefficient (Wildman–Crippen LogP) is 0.359. The molecule has 1 fully saturated rings. The number of nitrogen functional groups attached to an aromatic ring is 1. The summed E-state index contributed by atoms with van der Waals surface area (Å²) in [6.45, 7) is 0. The van der Waals surface area contributed by atoms with Crippen molar-refractivity contribution in [3.05, 3.63) is 27.7 Å². The van der Waals surface area contributed by atoms with Gasteiger partial charge in [-0.25, -0.2) is 4.98 Å². The van der Waals surface area contributed by atoms with Gasteiger partial charge in [-0.15, -0.1) is 0 Å². The predicted molar refractivity (Wildman–Crippen MR) is 67.3 cm³/mol. The molecule has 1 aliphatic heterocycles. The molecule has 2 aromatic rings. The number of aliphatic hydroxyl groups excluding tert-OH is 1. The number of ether oxygens (including phenoxy) is 1. The van der Waals surface area contributed by atoms with Crippen molar-refractivity contribution in [1.29, 1.82) is 0 Å². The van der Waals surface area contributed by atoms with Crippen LogP contribution in [0, 0.1) is 0 Å². The lowest BCUT2D eigenvalue weighted by molar-refractivity contribution is 0.0967. The van der Waals surface area contributed by atoms with Crippen molar-refractivity contribution in [3.8, 4) is 0 Å². The molecule has 1 saturated heterocycles. The minimum Gasteiger partial charge on any atom is -0.467 e. The zero-order valence-corrected chi connectivity index (χ0v) is 10.6. The third-order valence-corrected chi connectivity index (χ3v) is 3.12. The van der Waals surface area contributed by atoms with Crippen LogP contribution >= 0.6 is 11.6 Å². The number of imidazole rings is 1. The van der Waals surface area contributed by atoms with Gasteiger partial charge in [0.05, 0.1) is 0 Å². The third-order valence-electron chi connectivity index (χ3n) is 2.94. The van der Waals surface area contributed by atoms with Gasteiger partial charge in [-0.3, -0.25) is 14.3 Å². The number of fused-ring (bicyclic) bond motifs is 1. The van der Waals surface area contributed by atoms with E-state index in [0.717, 1.165) is 0 Å². The van der Waals surface area contributed by atoms with Crippen LogP contribution in [-0.2, 0) is 4.74 Å². The van der Waals surface area contributed by atoms with E-state index >= 15 is 0 Å². The molecule has 10 heteroatoms. The average molecular weight is 302 g/mol. The second kappa shape index (κ2) is 4.46. The van der Waals surface area contributed by atoms with Gasteiger partial charge in [0.15, 0.2) is 23.2 Å². The van der Waals surface area contributed by atoms with Crippen LogP contribution in [0.5, 0.6) is 0 Å². The number of nitrogens with two attached hydrogens (primary N) is 1. The van der Waals surface area contributed by atoms with Gasteiger partial charge < -0.3 is 15.6 Å². The summed E-state index contributed by atoms with van der Waals surface area (Å²) < 4.78 is 19.6. The maximum Gasteiger partial charge on any atom is 0.280 e. The molecule has 1 aliphatic rings. The molecule has 20 heavy (non-hydrogen) atoms. The van der Waals surface area contributed by atoms with Crippen molar-refractivity contribution in [2.24, 2.45) is 0 Å². The first-order valence-corrected chi connectivity index (χ1v) is 5.97. The van der Waals surface area contributed by atoms with E-state index < -0.39 is 23.2 Å². The highest BCUT2D eigenvalue weighted by Crippen LogP contribution is 2.35. The smallest absolute Gasteiger partial charge is 0.280 e. The number of anilines is 1. The van der Waals surface area contributed by atoms with Crippen molar-refractivity contribution in [1.82, 2.24) is 19.5 Å². The van der Waals surface area contributed by atoms with E-state index in [2.05, 4.69) is 15.0 Å².